The van der Waals surface area contributed by atoms with Crippen LogP contribution >= 0.6 is 0 Å². The van der Waals surface area contributed by atoms with Crippen LogP contribution in [0.15, 0.2) is 42.5 Å². The summed E-state index contributed by atoms with van der Waals surface area (Å²) in [5, 5.41) is 2.94. The molecule has 0 radical (unpaired) electrons. The van der Waals surface area contributed by atoms with Gasteiger partial charge in [0, 0.05) is 19.5 Å². The van der Waals surface area contributed by atoms with Crippen molar-refractivity contribution in [1.82, 2.24) is 10.2 Å². The van der Waals surface area contributed by atoms with E-state index in [2.05, 4.69) is 5.32 Å². The fourth-order valence-corrected chi connectivity index (χ4v) is 3.43. The van der Waals surface area contributed by atoms with E-state index in [0.717, 1.165) is 11.1 Å². The second kappa shape index (κ2) is 12.7. The third kappa shape index (κ3) is 7.70. The lowest BCUT2D eigenvalue weighted by molar-refractivity contribution is -0.140. The average Bonchev–Trinajstić information content (AvgIpc) is 2.83. The van der Waals surface area contributed by atoms with Crippen molar-refractivity contribution in [3.8, 4) is 17.2 Å². The second-order valence-corrected chi connectivity index (χ2v) is 8.38. The molecule has 0 spiro atoms. The Kier molecular flexibility index (Phi) is 10.0. The number of carbonyl (C=O) groups is 2. The van der Waals surface area contributed by atoms with Crippen molar-refractivity contribution < 1.29 is 23.8 Å². The van der Waals surface area contributed by atoms with Crippen LogP contribution in [0.1, 0.15) is 38.3 Å². The van der Waals surface area contributed by atoms with Gasteiger partial charge in [0.25, 0.3) is 0 Å². The molecule has 7 heteroatoms. The zero-order chi connectivity index (χ0) is 24.4. The number of ether oxygens (including phenoxy) is 3. The minimum Gasteiger partial charge on any atom is -0.497 e. The molecule has 0 heterocycles. The largest absolute Gasteiger partial charge is 0.497 e. The van der Waals surface area contributed by atoms with E-state index in [1.165, 1.54) is 0 Å². The van der Waals surface area contributed by atoms with Crippen LogP contribution in [0.5, 0.6) is 17.2 Å². The molecule has 0 saturated heterocycles. The van der Waals surface area contributed by atoms with Gasteiger partial charge in [0.2, 0.25) is 11.8 Å². The standard InChI is InChI=1S/C26H36N2O5/c1-18(2)16-27-26(30)19(3)28(17-21-8-7-9-22(14-21)31-4)25(29)13-11-20-10-12-23(32-5)24(15-20)33-6/h7-10,12,14-15,18-19H,11,13,16-17H2,1-6H3,(H,27,30)/t19-/m0/s1. The van der Waals surface area contributed by atoms with Gasteiger partial charge in [0.1, 0.15) is 11.8 Å². The lowest BCUT2D eigenvalue weighted by atomic mass is 10.1. The van der Waals surface area contributed by atoms with Gasteiger partial charge in [0.05, 0.1) is 21.3 Å². The van der Waals surface area contributed by atoms with E-state index in [1.54, 1.807) is 33.2 Å². The van der Waals surface area contributed by atoms with Gasteiger partial charge in [-0.2, -0.15) is 0 Å². The minimum atomic E-state index is -0.604. The number of benzene rings is 2. The van der Waals surface area contributed by atoms with Gasteiger partial charge < -0.3 is 24.4 Å². The summed E-state index contributed by atoms with van der Waals surface area (Å²) in [5.41, 5.74) is 1.86. The monoisotopic (exact) mass is 456 g/mol. The molecule has 0 bridgehead atoms. The van der Waals surface area contributed by atoms with E-state index in [4.69, 9.17) is 14.2 Å². The zero-order valence-electron chi connectivity index (χ0n) is 20.5. The van der Waals surface area contributed by atoms with Crippen molar-refractivity contribution in [2.75, 3.05) is 27.9 Å². The Balaban J connectivity index is 2.18. The van der Waals surface area contributed by atoms with Crippen LogP contribution < -0.4 is 19.5 Å². The lowest BCUT2D eigenvalue weighted by Gasteiger charge is -2.29. The normalized spacial score (nSPS) is 11.6. The van der Waals surface area contributed by atoms with Crippen LogP contribution in [-0.2, 0) is 22.6 Å². The highest BCUT2D eigenvalue weighted by molar-refractivity contribution is 5.87. The maximum atomic E-state index is 13.3. The molecule has 0 aromatic heterocycles. The molecule has 2 rings (SSSR count). The molecule has 2 amide bonds. The van der Waals surface area contributed by atoms with Gasteiger partial charge in [-0.05, 0) is 54.7 Å². The number of carbonyl (C=O) groups excluding carboxylic acids is 2. The molecule has 1 N–H and O–H groups in total. The Morgan fingerprint density at radius 3 is 2.27 bits per heavy atom. The highest BCUT2D eigenvalue weighted by atomic mass is 16.5. The van der Waals surface area contributed by atoms with Gasteiger partial charge in [-0.3, -0.25) is 9.59 Å². The number of rotatable bonds is 12. The summed E-state index contributed by atoms with van der Waals surface area (Å²) in [6, 6.07) is 12.6. The van der Waals surface area contributed by atoms with E-state index in [1.807, 2.05) is 56.3 Å². The maximum absolute atomic E-state index is 13.3. The smallest absolute Gasteiger partial charge is 0.242 e. The van der Waals surface area contributed by atoms with Crippen LogP contribution in [0.4, 0.5) is 0 Å². The number of hydrogen-bond acceptors (Lipinski definition) is 5. The average molecular weight is 457 g/mol. The Morgan fingerprint density at radius 2 is 1.64 bits per heavy atom. The number of methoxy groups -OCH3 is 3. The fourth-order valence-electron chi connectivity index (χ4n) is 3.43. The summed E-state index contributed by atoms with van der Waals surface area (Å²) >= 11 is 0. The molecule has 1 atom stereocenters. The molecule has 0 aliphatic carbocycles. The summed E-state index contributed by atoms with van der Waals surface area (Å²) in [6.45, 7) is 6.72. The summed E-state index contributed by atoms with van der Waals surface area (Å²) in [4.78, 5) is 27.7. The van der Waals surface area contributed by atoms with Crippen molar-refractivity contribution in [2.24, 2.45) is 5.92 Å². The van der Waals surface area contributed by atoms with Crippen molar-refractivity contribution in [1.29, 1.82) is 0 Å². The summed E-state index contributed by atoms with van der Waals surface area (Å²) in [5.74, 6) is 2.04. The first-order chi connectivity index (χ1) is 15.8. The molecule has 0 aliphatic rings. The summed E-state index contributed by atoms with van der Waals surface area (Å²) in [7, 11) is 4.77. The predicted molar refractivity (Wildman–Crippen MR) is 129 cm³/mol. The van der Waals surface area contributed by atoms with E-state index in [-0.39, 0.29) is 18.2 Å². The molecule has 0 aliphatic heterocycles. The first-order valence-corrected chi connectivity index (χ1v) is 11.2. The molecule has 180 valence electrons. The number of amides is 2. The SMILES string of the molecule is COc1cccc(CN(C(=O)CCc2ccc(OC)c(OC)c2)[C@@H](C)C(=O)NCC(C)C)c1. The third-order valence-electron chi connectivity index (χ3n) is 5.41. The molecular weight excluding hydrogens is 420 g/mol. The lowest BCUT2D eigenvalue weighted by Crippen LogP contribution is -2.48. The van der Waals surface area contributed by atoms with Crippen molar-refractivity contribution in [2.45, 2.75) is 46.2 Å². The maximum Gasteiger partial charge on any atom is 0.242 e. The van der Waals surface area contributed by atoms with Crippen molar-refractivity contribution in [3.63, 3.8) is 0 Å². The summed E-state index contributed by atoms with van der Waals surface area (Å²) < 4.78 is 16.0. The van der Waals surface area contributed by atoms with Gasteiger partial charge in [-0.1, -0.05) is 32.0 Å². The highest BCUT2D eigenvalue weighted by Gasteiger charge is 2.26. The van der Waals surface area contributed by atoms with Crippen molar-refractivity contribution >= 4 is 11.8 Å². The molecule has 0 saturated carbocycles. The highest BCUT2D eigenvalue weighted by Crippen LogP contribution is 2.28. The Hall–Kier alpha value is -3.22. The predicted octanol–water partition coefficient (Wildman–Crippen LogP) is 3.83. The third-order valence-corrected chi connectivity index (χ3v) is 5.41. The molecule has 0 unspecified atom stereocenters. The van der Waals surface area contributed by atoms with E-state index in [9.17, 15) is 9.59 Å². The van der Waals surface area contributed by atoms with Crippen LogP contribution in [0.2, 0.25) is 0 Å². The number of nitrogens with one attached hydrogen (secondary N) is 1. The Bertz CT molecular complexity index is 929. The quantitative estimate of drug-likeness (QED) is 0.525. The van der Waals surface area contributed by atoms with Gasteiger partial charge >= 0.3 is 0 Å². The van der Waals surface area contributed by atoms with Gasteiger partial charge in [-0.15, -0.1) is 0 Å². The summed E-state index contributed by atoms with van der Waals surface area (Å²) in [6.07, 6.45) is 0.787. The van der Waals surface area contributed by atoms with Gasteiger partial charge in [0.15, 0.2) is 11.5 Å². The molecule has 2 aromatic carbocycles. The number of hydrogen-bond donors (Lipinski definition) is 1. The number of nitrogens with zero attached hydrogens (tertiary/aromatic N) is 1. The Morgan fingerprint density at radius 1 is 0.909 bits per heavy atom. The van der Waals surface area contributed by atoms with Crippen LogP contribution in [0.25, 0.3) is 0 Å². The van der Waals surface area contributed by atoms with E-state index in [0.29, 0.717) is 42.7 Å². The topological polar surface area (TPSA) is 77.1 Å². The second-order valence-electron chi connectivity index (χ2n) is 8.38. The van der Waals surface area contributed by atoms with Crippen LogP contribution in [0, 0.1) is 5.92 Å². The van der Waals surface area contributed by atoms with Gasteiger partial charge in [-0.25, -0.2) is 0 Å². The molecule has 0 fully saturated rings. The first kappa shape index (κ1) is 26.0. The van der Waals surface area contributed by atoms with E-state index < -0.39 is 6.04 Å². The molecular formula is C26H36N2O5. The first-order valence-electron chi connectivity index (χ1n) is 11.2. The molecule has 33 heavy (non-hydrogen) atoms. The Labute approximate surface area is 197 Å². The van der Waals surface area contributed by atoms with Crippen LogP contribution in [0.3, 0.4) is 0 Å². The zero-order valence-corrected chi connectivity index (χ0v) is 20.5. The minimum absolute atomic E-state index is 0.0974. The number of aryl methyl sites for hydroxylation is 1. The molecule has 7 nitrogen and oxygen atoms in total. The molecule has 2 aromatic rings. The van der Waals surface area contributed by atoms with Crippen LogP contribution in [-0.4, -0.2) is 50.6 Å². The van der Waals surface area contributed by atoms with Crippen molar-refractivity contribution in [3.05, 3.63) is 53.6 Å². The van der Waals surface area contributed by atoms with E-state index >= 15 is 0 Å². The fraction of sp³-hybridized carbons (Fsp3) is 0.462.